The maximum Gasteiger partial charge on any atom is 0.143 e. The molecule has 0 saturated heterocycles. The van der Waals surface area contributed by atoms with Gasteiger partial charge in [-0.2, -0.15) is 0 Å². The molecule has 1 saturated carbocycles. The van der Waals surface area contributed by atoms with Crippen LogP contribution in [0, 0.1) is 0 Å². The fourth-order valence-corrected chi connectivity index (χ4v) is 2.17. The van der Waals surface area contributed by atoms with Crippen LogP contribution in [0.4, 0.5) is 0 Å². The van der Waals surface area contributed by atoms with Gasteiger partial charge in [-0.25, -0.2) is 0 Å². The van der Waals surface area contributed by atoms with Gasteiger partial charge in [-0.05, 0) is 18.4 Å². The maximum absolute atomic E-state index is 11.6. The van der Waals surface area contributed by atoms with E-state index in [4.69, 9.17) is 0 Å². The van der Waals surface area contributed by atoms with Gasteiger partial charge < -0.3 is 0 Å². The summed E-state index contributed by atoms with van der Waals surface area (Å²) in [5, 5.41) is 0. The van der Waals surface area contributed by atoms with Crippen molar-refractivity contribution >= 4 is 5.78 Å². The number of carbonyl (C=O) groups excluding carboxylic acids is 1. The molecule has 0 aliphatic heterocycles. The normalized spacial score (nSPS) is 27.0. The minimum absolute atomic E-state index is 0.124. The highest BCUT2D eigenvalue weighted by Crippen LogP contribution is 2.42. The van der Waals surface area contributed by atoms with Gasteiger partial charge in [0.05, 0.1) is 5.41 Å². The molecule has 1 atom stereocenters. The molecule has 68 valence electrons. The molecule has 13 heavy (non-hydrogen) atoms. The van der Waals surface area contributed by atoms with Crippen molar-refractivity contribution in [2.75, 3.05) is 0 Å². The maximum atomic E-state index is 11.6. The Balaban J connectivity index is 2.38. The molecule has 0 radical (unpaired) electrons. The van der Waals surface area contributed by atoms with Crippen LogP contribution in [-0.2, 0) is 10.2 Å². The van der Waals surface area contributed by atoms with Crippen LogP contribution >= 0.6 is 0 Å². The SMILES string of the molecule is CCC1(c2ccccc2)CCC1=O. The lowest BCUT2D eigenvalue weighted by Gasteiger charge is -2.39. The van der Waals surface area contributed by atoms with Gasteiger partial charge in [-0.1, -0.05) is 37.3 Å². The lowest BCUT2D eigenvalue weighted by atomic mass is 9.62. The van der Waals surface area contributed by atoms with Crippen molar-refractivity contribution in [2.45, 2.75) is 31.6 Å². The summed E-state index contributed by atoms with van der Waals surface area (Å²) in [5.74, 6) is 0.418. The number of benzene rings is 1. The molecule has 0 spiro atoms. The van der Waals surface area contributed by atoms with Crippen LogP contribution in [0.3, 0.4) is 0 Å². The van der Waals surface area contributed by atoms with Crippen LogP contribution in [0.1, 0.15) is 31.7 Å². The van der Waals surface area contributed by atoms with E-state index in [-0.39, 0.29) is 5.41 Å². The van der Waals surface area contributed by atoms with Gasteiger partial charge >= 0.3 is 0 Å². The minimum Gasteiger partial charge on any atom is -0.299 e. The van der Waals surface area contributed by atoms with E-state index in [1.165, 1.54) is 5.56 Å². The molecule has 1 unspecified atom stereocenters. The molecule has 1 fully saturated rings. The number of carbonyl (C=O) groups is 1. The first kappa shape index (κ1) is 8.49. The summed E-state index contributed by atoms with van der Waals surface area (Å²) in [6, 6.07) is 10.2. The van der Waals surface area contributed by atoms with Crippen LogP contribution in [-0.4, -0.2) is 5.78 Å². The van der Waals surface area contributed by atoms with Crippen LogP contribution in [0.5, 0.6) is 0 Å². The third-order valence-electron chi connectivity index (χ3n) is 3.24. The Morgan fingerprint density at radius 2 is 2.00 bits per heavy atom. The van der Waals surface area contributed by atoms with Crippen LogP contribution in [0.15, 0.2) is 30.3 Å². The largest absolute Gasteiger partial charge is 0.299 e. The average Bonchev–Trinajstić information content (AvgIpc) is 2.19. The van der Waals surface area contributed by atoms with Crippen molar-refractivity contribution in [3.8, 4) is 0 Å². The van der Waals surface area contributed by atoms with Gasteiger partial charge in [-0.15, -0.1) is 0 Å². The highest BCUT2D eigenvalue weighted by molar-refractivity contribution is 5.95. The van der Waals surface area contributed by atoms with Gasteiger partial charge in [-0.3, -0.25) is 4.79 Å². The standard InChI is InChI=1S/C12H14O/c1-2-12(9-8-11(12)13)10-6-4-3-5-7-10/h3-7H,2,8-9H2,1H3. The number of hydrogen-bond donors (Lipinski definition) is 0. The lowest BCUT2D eigenvalue weighted by Crippen LogP contribution is -2.44. The second-order valence-corrected chi connectivity index (χ2v) is 3.72. The Kier molecular flexibility index (Phi) is 1.95. The van der Waals surface area contributed by atoms with Crippen molar-refractivity contribution in [3.05, 3.63) is 35.9 Å². The molecule has 0 amide bonds. The molecule has 0 heterocycles. The zero-order valence-electron chi connectivity index (χ0n) is 7.92. The first-order chi connectivity index (χ1) is 6.29. The first-order valence-corrected chi connectivity index (χ1v) is 4.88. The summed E-state index contributed by atoms with van der Waals surface area (Å²) in [7, 11) is 0. The second-order valence-electron chi connectivity index (χ2n) is 3.72. The van der Waals surface area contributed by atoms with Gasteiger partial charge in [0.25, 0.3) is 0 Å². The molecule has 1 aliphatic carbocycles. The molecular formula is C12H14O. The van der Waals surface area contributed by atoms with Crippen molar-refractivity contribution in [1.82, 2.24) is 0 Å². The van der Waals surface area contributed by atoms with E-state index in [2.05, 4.69) is 19.1 Å². The predicted octanol–water partition coefficient (Wildman–Crippen LogP) is 2.70. The Labute approximate surface area is 78.8 Å². The highest BCUT2D eigenvalue weighted by atomic mass is 16.1. The molecule has 1 nitrogen and oxygen atoms in total. The summed E-state index contributed by atoms with van der Waals surface area (Å²) >= 11 is 0. The highest BCUT2D eigenvalue weighted by Gasteiger charge is 2.45. The Bertz CT molecular complexity index is 311. The molecule has 0 bridgehead atoms. The number of rotatable bonds is 2. The summed E-state index contributed by atoms with van der Waals surface area (Å²) in [6.45, 7) is 2.10. The summed E-state index contributed by atoms with van der Waals surface area (Å²) in [4.78, 5) is 11.6. The van der Waals surface area contributed by atoms with Gasteiger partial charge in [0.1, 0.15) is 5.78 Å². The quantitative estimate of drug-likeness (QED) is 0.673. The van der Waals surface area contributed by atoms with Gasteiger partial charge in [0.2, 0.25) is 0 Å². The van der Waals surface area contributed by atoms with E-state index in [1.54, 1.807) is 0 Å². The Hall–Kier alpha value is -1.11. The first-order valence-electron chi connectivity index (χ1n) is 4.88. The van der Waals surface area contributed by atoms with Crippen LogP contribution in [0.2, 0.25) is 0 Å². The van der Waals surface area contributed by atoms with Crippen molar-refractivity contribution in [3.63, 3.8) is 0 Å². The second kappa shape index (κ2) is 2.99. The molecule has 0 aromatic heterocycles. The van der Waals surface area contributed by atoms with E-state index >= 15 is 0 Å². The Morgan fingerprint density at radius 3 is 2.38 bits per heavy atom. The zero-order chi connectivity index (χ0) is 9.31. The van der Waals surface area contributed by atoms with Crippen LogP contribution in [0.25, 0.3) is 0 Å². The van der Waals surface area contributed by atoms with E-state index in [9.17, 15) is 4.79 Å². The number of hydrogen-bond acceptors (Lipinski definition) is 1. The molecule has 1 aromatic rings. The molecule has 2 rings (SSSR count). The third kappa shape index (κ3) is 1.11. The van der Waals surface area contributed by atoms with Crippen molar-refractivity contribution < 1.29 is 4.79 Å². The third-order valence-corrected chi connectivity index (χ3v) is 3.24. The number of ketones is 1. The topological polar surface area (TPSA) is 17.1 Å². The Morgan fingerprint density at radius 1 is 1.31 bits per heavy atom. The van der Waals surface area contributed by atoms with E-state index in [1.807, 2.05) is 18.2 Å². The van der Waals surface area contributed by atoms with Gasteiger partial charge in [0.15, 0.2) is 0 Å². The molecule has 1 aliphatic rings. The minimum atomic E-state index is -0.124. The van der Waals surface area contributed by atoms with Crippen molar-refractivity contribution in [1.29, 1.82) is 0 Å². The average molecular weight is 174 g/mol. The molecule has 1 aromatic carbocycles. The molecular weight excluding hydrogens is 160 g/mol. The zero-order valence-corrected chi connectivity index (χ0v) is 7.92. The summed E-state index contributed by atoms with van der Waals surface area (Å²) in [6.07, 6.45) is 2.74. The molecule has 1 heteroatoms. The van der Waals surface area contributed by atoms with E-state index in [0.29, 0.717) is 5.78 Å². The van der Waals surface area contributed by atoms with E-state index < -0.39 is 0 Å². The lowest BCUT2D eigenvalue weighted by molar-refractivity contribution is -0.132. The van der Waals surface area contributed by atoms with Gasteiger partial charge in [0, 0.05) is 6.42 Å². The fourth-order valence-electron chi connectivity index (χ4n) is 2.17. The fraction of sp³-hybridized carbons (Fsp3) is 0.417. The van der Waals surface area contributed by atoms with Crippen molar-refractivity contribution in [2.24, 2.45) is 0 Å². The van der Waals surface area contributed by atoms with E-state index in [0.717, 1.165) is 19.3 Å². The summed E-state index contributed by atoms with van der Waals surface area (Å²) in [5.41, 5.74) is 1.08. The monoisotopic (exact) mass is 174 g/mol. The van der Waals surface area contributed by atoms with Crippen LogP contribution < -0.4 is 0 Å². The summed E-state index contributed by atoms with van der Waals surface area (Å²) < 4.78 is 0. The number of Topliss-reactive ketones (excluding diaryl/α,β-unsaturated/α-hetero) is 1. The smallest absolute Gasteiger partial charge is 0.143 e. The molecule has 0 N–H and O–H groups in total. The predicted molar refractivity (Wildman–Crippen MR) is 52.7 cm³/mol.